The summed E-state index contributed by atoms with van der Waals surface area (Å²) >= 11 is 0. The van der Waals surface area contributed by atoms with Gasteiger partial charge in [0.1, 0.15) is 12.2 Å². The molecular weight excluding hydrogens is 200 g/mol. The van der Waals surface area contributed by atoms with Crippen molar-refractivity contribution in [3.05, 3.63) is 0 Å². The Kier molecular flexibility index (Phi) is 4.90. The Morgan fingerprint density at radius 3 is 2.27 bits per heavy atom. The average molecular weight is 218 g/mol. The first kappa shape index (κ1) is 13.5. The highest BCUT2D eigenvalue weighted by Gasteiger charge is 2.19. The Morgan fingerprint density at radius 2 is 1.87 bits per heavy atom. The molecule has 0 heterocycles. The number of likely N-dealkylation sites (N-methyl/N-ethyl adjacent to an activating group) is 1. The van der Waals surface area contributed by atoms with Gasteiger partial charge in [0.25, 0.3) is 0 Å². The minimum absolute atomic E-state index is 0.0606. The molecule has 2 N–H and O–H groups in total. The van der Waals surface area contributed by atoms with E-state index in [1.54, 1.807) is 27.8 Å². The maximum Gasteiger partial charge on any atom is 0.410 e. The zero-order valence-corrected chi connectivity index (χ0v) is 9.57. The minimum Gasteiger partial charge on any atom is -0.448 e. The lowest BCUT2D eigenvalue weighted by atomic mass is 10.2. The number of primary amides is 1. The van der Waals surface area contributed by atoms with Crippen molar-refractivity contribution in [1.29, 1.82) is 0 Å². The highest BCUT2D eigenvalue weighted by atomic mass is 16.6. The summed E-state index contributed by atoms with van der Waals surface area (Å²) in [5.74, 6) is 0. The molecule has 0 saturated carbocycles. The van der Waals surface area contributed by atoms with Crippen LogP contribution in [0.1, 0.15) is 20.8 Å². The fraction of sp³-hybridized carbons (Fsp3) is 0.778. The van der Waals surface area contributed by atoms with Crippen LogP contribution in [0.4, 0.5) is 9.59 Å². The van der Waals surface area contributed by atoms with Gasteiger partial charge in [-0.05, 0) is 20.8 Å². The number of hydrogen-bond donors (Lipinski definition) is 1. The second kappa shape index (κ2) is 5.43. The van der Waals surface area contributed by atoms with Crippen LogP contribution in [-0.4, -0.2) is 42.9 Å². The second-order valence-corrected chi connectivity index (χ2v) is 4.07. The van der Waals surface area contributed by atoms with Crippen LogP contribution in [0.5, 0.6) is 0 Å². The van der Waals surface area contributed by atoms with Gasteiger partial charge >= 0.3 is 12.2 Å². The van der Waals surface area contributed by atoms with E-state index in [9.17, 15) is 9.59 Å². The summed E-state index contributed by atoms with van der Waals surface area (Å²) < 4.78 is 9.55. The van der Waals surface area contributed by atoms with E-state index in [-0.39, 0.29) is 13.2 Å². The molecule has 88 valence electrons. The van der Waals surface area contributed by atoms with Crippen molar-refractivity contribution in [1.82, 2.24) is 4.90 Å². The van der Waals surface area contributed by atoms with Gasteiger partial charge in [-0.3, -0.25) is 0 Å². The van der Waals surface area contributed by atoms with E-state index < -0.39 is 17.8 Å². The summed E-state index contributed by atoms with van der Waals surface area (Å²) in [4.78, 5) is 22.9. The maximum absolute atomic E-state index is 11.4. The lowest BCUT2D eigenvalue weighted by Gasteiger charge is -2.24. The highest BCUT2D eigenvalue weighted by molar-refractivity contribution is 5.68. The second-order valence-electron chi connectivity index (χ2n) is 4.07. The Hall–Kier alpha value is -1.46. The fourth-order valence-electron chi connectivity index (χ4n) is 0.714. The number of carbonyl (C=O) groups is 2. The van der Waals surface area contributed by atoms with Crippen LogP contribution in [0.25, 0.3) is 0 Å². The van der Waals surface area contributed by atoms with Crippen molar-refractivity contribution in [2.75, 3.05) is 20.2 Å². The Balaban J connectivity index is 3.85. The van der Waals surface area contributed by atoms with Gasteiger partial charge in [-0.25, -0.2) is 9.59 Å². The number of hydrogen-bond acceptors (Lipinski definition) is 4. The molecule has 0 atom stereocenters. The smallest absolute Gasteiger partial charge is 0.410 e. The molecule has 2 amide bonds. The predicted octanol–water partition coefficient (Wildman–Crippen LogP) is 0.949. The first-order chi connectivity index (χ1) is 6.72. The number of amides is 2. The maximum atomic E-state index is 11.4. The molecule has 0 radical (unpaired) electrons. The quantitative estimate of drug-likeness (QED) is 0.764. The van der Waals surface area contributed by atoms with E-state index in [1.807, 2.05) is 0 Å². The van der Waals surface area contributed by atoms with Gasteiger partial charge in [-0.15, -0.1) is 0 Å². The molecule has 0 aromatic carbocycles. The first-order valence-electron chi connectivity index (χ1n) is 4.59. The van der Waals surface area contributed by atoms with E-state index in [1.165, 1.54) is 4.90 Å². The van der Waals surface area contributed by atoms with Gasteiger partial charge in [0.2, 0.25) is 0 Å². The van der Waals surface area contributed by atoms with Gasteiger partial charge in [0.05, 0.1) is 6.54 Å². The van der Waals surface area contributed by atoms with Crippen LogP contribution >= 0.6 is 0 Å². The van der Waals surface area contributed by atoms with Crippen LogP contribution < -0.4 is 5.73 Å². The average Bonchev–Trinajstić information content (AvgIpc) is 1.99. The topological polar surface area (TPSA) is 81.9 Å². The molecule has 15 heavy (non-hydrogen) atoms. The van der Waals surface area contributed by atoms with E-state index in [0.717, 1.165) is 0 Å². The van der Waals surface area contributed by atoms with Crippen LogP contribution in [0.3, 0.4) is 0 Å². The molecular formula is C9H18N2O4. The van der Waals surface area contributed by atoms with Gasteiger partial charge in [-0.1, -0.05) is 0 Å². The monoisotopic (exact) mass is 218 g/mol. The summed E-state index contributed by atoms with van der Waals surface area (Å²) in [7, 11) is 1.55. The van der Waals surface area contributed by atoms with E-state index in [4.69, 9.17) is 10.5 Å². The summed E-state index contributed by atoms with van der Waals surface area (Å²) in [6.07, 6.45) is -1.32. The third kappa shape index (κ3) is 7.60. The largest absolute Gasteiger partial charge is 0.448 e. The minimum atomic E-state index is -0.854. The molecule has 0 rings (SSSR count). The van der Waals surface area contributed by atoms with Crippen LogP contribution in [-0.2, 0) is 9.47 Å². The fourth-order valence-corrected chi connectivity index (χ4v) is 0.714. The Labute approximate surface area is 89.3 Å². The summed E-state index contributed by atoms with van der Waals surface area (Å²) in [6, 6.07) is 0. The van der Waals surface area contributed by atoms with Crippen molar-refractivity contribution in [3.63, 3.8) is 0 Å². The van der Waals surface area contributed by atoms with Gasteiger partial charge < -0.3 is 20.1 Å². The molecule has 6 nitrogen and oxygen atoms in total. The van der Waals surface area contributed by atoms with Gasteiger partial charge in [-0.2, -0.15) is 0 Å². The van der Waals surface area contributed by atoms with Crippen molar-refractivity contribution in [2.24, 2.45) is 5.73 Å². The number of carbonyl (C=O) groups excluding carboxylic acids is 2. The standard InChI is InChI=1S/C9H18N2O4/c1-9(2,3)15-8(13)11(4)5-6-14-7(10)12/h5-6H2,1-4H3,(H2,10,12). The molecule has 0 fully saturated rings. The first-order valence-corrected chi connectivity index (χ1v) is 4.59. The number of nitrogens with two attached hydrogens (primary N) is 1. The zero-order chi connectivity index (χ0) is 12.1. The predicted molar refractivity (Wildman–Crippen MR) is 54.4 cm³/mol. The summed E-state index contributed by atoms with van der Waals surface area (Å²) in [5.41, 5.74) is 4.23. The Morgan fingerprint density at radius 1 is 1.33 bits per heavy atom. The molecule has 0 spiro atoms. The third-order valence-corrected chi connectivity index (χ3v) is 1.38. The van der Waals surface area contributed by atoms with Gasteiger partial charge in [0.15, 0.2) is 0 Å². The van der Waals surface area contributed by atoms with E-state index >= 15 is 0 Å². The zero-order valence-electron chi connectivity index (χ0n) is 9.57. The molecule has 0 unspecified atom stereocenters. The number of rotatable bonds is 3. The van der Waals surface area contributed by atoms with Crippen molar-refractivity contribution < 1.29 is 19.1 Å². The van der Waals surface area contributed by atoms with Crippen molar-refractivity contribution in [3.8, 4) is 0 Å². The molecule has 0 aromatic rings. The van der Waals surface area contributed by atoms with Crippen molar-refractivity contribution in [2.45, 2.75) is 26.4 Å². The van der Waals surface area contributed by atoms with Crippen molar-refractivity contribution >= 4 is 12.2 Å². The van der Waals surface area contributed by atoms with E-state index in [2.05, 4.69) is 4.74 Å². The molecule has 0 aliphatic heterocycles. The molecule has 0 saturated heterocycles. The van der Waals surface area contributed by atoms with Gasteiger partial charge in [0, 0.05) is 7.05 Å². The summed E-state index contributed by atoms with van der Waals surface area (Å²) in [5, 5.41) is 0. The molecule has 0 aromatic heterocycles. The number of nitrogens with zero attached hydrogens (tertiary/aromatic N) is 1. The highest BCUT2D eigenvalue weighted by Crippen LogP contribution is 2.08. The van der Waals surface area contributed by atoms with Crippen LogP contribution in [0.15, 0.2) is 0 Å². The lowest BCUT2D eigenvalue weighted by Crippen LogP contribution is -2.36. The van der Waals surface area contributed by atoms with E-state index in [0.29, 0.717) is 0 Å². The third-order valence-electron chi connectivity index (χ3n) is 1.38. The molecule has 0 bridgehead atoms. The molecule has 6 heteroatoms. The molecule has 0 aliphatic rings. The molecule has 0 aliphatic carbocycles. The summed E-state index contributed by atoms with van der Waals surface area (Å²) in [6.45, 7) is 5.64. The lowest BCUT2D eigenvalue weighted by molar-refractivity contribution is 0.0263. The van der Waals surface area contributed by atoms with Crippen LogP contribution in [0.2, 0.25) is 0 Å². The SMILES string of the molecule is CN(CCOC(N)=O)C(=O)OC(C)(C)C. The van der Waals surface area contributed by atoms with Crippen LogP contribution in [0, 0.1) is 0 Å². The normalized spacial score (nSPS) is 10.7. The Bertz CT molecular complexity index is 235. The number of ether oxygens (including phenoxy) is 2.